The summed E-state index contributed by atoms with van der Waals surface area (Å²) in [5.41, 5.74) is 0. The van der Waals surface area contributed by atoms with E-state index >= 15 is 0 Å². The van der Waals surface area contributed by atoms with E-state index in [9.17, 15) is 23.2 Å². The van der Waals surface area contributed by atoms with Gasteiger partial charge in [0.25, 0.3) is 5.91 Å². The van der Waals surface area contributed by atoms with Gasteiger partial charge in [0.15, 0.2) is 0 Å². The lowest BCUT2D eigenvalue weighted by atomic mass is 10.0. The average Bonchev–Trinajstić information content (AvgIpc) is 2.83. The van der Waals surface area contributed by atoms with E-state index in [1.807, 2.05) is 12.2 Å². The highest BCUT2D eigenvalue weighted by Gasteiger charge is 2.47. The van der Waals surface area contributed by atoms with Gasteiger partial charge in [-0.05, 0) is 6.42 Å². The van der Waals surface area contributed by atoms with Crippen LogP contribution in [0, 0.1) is 0 Å². The number of halogens is 2. The zero-order valence-corrected chi connectivity index (χ0v) is 12.1. The van der Waals surface area contributed by atoms with Crippen LogP contribution in [-0.4, -0.2) is 36.2 Å². The van der Waals surface area contributed by atoms with Gasteiger partial charge in [0.1, 0.15) is 6.04 Å². The molecular weight excluding hydrogens is 284 g/mol. The number of alkyl halides is 2. The molecule has 120 valence electrons. The van der Waals surface area contributed by atoms with Crippen LogP contribution in [0.15, 0.2) is 0 Å². The Kier molecular flexibility index (Phi) is 6.71. The summed E-state index contributed by atoms with van der Waals surface area (Å²) in [4.78, 5) is 34.0. The molecule has 1 rings (SSSR count). The predicted molar refractivity (Wildman–Crippen MR) is 70.8 cm³/mol. The van der Waals surface area contributed by atoms with Crippen LogP contribution in [0.3, 0.4) is 0 Å². The van der Waals surface area contributed by atoms with E-state index in [1.54, 1.807) is 0 Å². The number of carbonyl (C=O) groups excluding carboxylic acids is 3. The summed E-state index contributed by atoms with van der Waals surface area (Å²) in [5, 5.41) is 1.88. The third-order valence-corrected chi connectivity index (χ3v) is 3.38. The molecule has 0 saturated carbocycles. The van der Waals surface area contributed by atoms with E-state index in [2.05, 4.69) is 4.74 Å². The van der Waals surface area contributed by atoms with E-state index in [0.717, 1.165) is 19.3 Å². The molecule has 0 bridgehead atoms. The maximum atomic E-state index is 13.7. The second-order valence-corrected chi connectivity index (χ2v) is 5.14. The van der Waals surface area contributed by atoms with Crippen molar-refractivity contribution in [3.8, 4) is 0 Å². The molecule has 7 heteroatoms. The van der Waals surface area contributed by atoms with Gasteiger partial charge in [-0.15, -0.1) is 0 Å². The van der Waals surface area contributed by atoms with Crippen molar-refractivity contribution < 1.29 is 27.9 Å². The normalized spacial score (nSPS) is 18.4. The third-order valence-electron chi connectivity index (χ3n) is 3.38. The molecule has 0 aromatic carbocycles. The molecule has 21 heavy (non-hydrogen) atoms. The van der Waals surface area contributed by atoms with Crippen molar-refractivity contribution in [2.45, 2.75) is 63.8 Å². The SMILES string of the molecule is CCCCCCCC(=O)C(F)(F)C(=O)NC1CCOC1=O. The number of esters is 1. The smallest absolute Gasteiger partial charge is 0.381 e. The monoisotopic (exact) mass is 305 g/mol. The highest BCUT2D eigenvalue weighted by atomic mass is 19.3. The lowest BCUT2D eigenvalue weighted by molar-refractivity contribution is -0.160. The molecule has 5 nitrogen and oxygen atoms in total. The Morgan fingerprint density at radius 1 is 1.29 bits per heavy atom. The first-order chi connectivity index (χ1) is 9.89. The highest BCUT2D eigenvalue weighted by Crippen LogP contribution is 2.20. The minimum atomic E-state index is -4.09. The standard InChI is InChI=1S/C14H21F2NO4/c1-2-3-4-5-6-7-11(18)14(15,16)13(20)17-10-8-9-21-12(10)19/h10H,2-9H2,1H3,(H,17,20). The Labute approximate surface area is 122 Å². The number of hydrogen-bond acceptors (Lipinski definition) is 4. The first kappa shape index (κ1) is 17.5. The van der Waals surface area contributed by atoms with Crippen molar-refractivity contribution in [2.24, 2.45) is 0 Å². The van der Waals surface area contributed by atoms with Gasteiger partial charge < -0.3 is 10.1 Å². The molecule has 1 amide bonds. The minimum Gasteiger partial charge on any atom is -0.464 e. The quantitative estimate of drug-likeness (QED) is 0.402. The van der Waals surface area contributed by atoms with Crippen molar-refractivity contribution in [2.75, 3.05) is 6.61 Å². The van der Waals surface area contributed by atoms with Gasteiger partial charge >= 0.3 is 11.9 Å². The fourth-order valence-electron chi connectivity index (χ4n) is 2.05. The van der Waals surface area contributed by atoms with Crippen LogP contribution in [0.4, 0.5) is 8.78 Å². The first-order valence-corrected chi connectivity index (χ1v) is 7.28. The number of ether oxygens (including phenoxy) is 1. The van der Waals surface area contributed by atoms with Crippen molar-refractivity contribution in [1.82, 2.24) is 5.32 Å². The fraction of sp³-hybridized carbons (Fsp3) is 0.786. The van der Waals surface area contributed by atoms with Crippen LogP contribution in [-0.2, 0) is 19.1 Å². The summed E-state index contributed by atoms with van der Waals surface area (Å²) in [7, 11) is 0. The Bertz CT molecular complexity index is 398. The Balaban J connectivity index is 2.40. The van der Waals surface area contributed by atoms with Gasteiger partial charge in [-0.2, -0.15) is 8.78 Å². The first-order valence-electron chi connectivity index (χ1n) is 7.28. The molecule has 0 radical (unpaired) electrons. The zero-order valence-electron chi connectivity index (χ0n) is 12.1. The Morgan fingerprint density at radius 2 is 1.95 bits per heavy atom. The van der Waals surface area contributed by atoms with E-state index in [4.69, 9.17) is 0 Å². The molecule has 1 unspecified atom stereocenters. The topological polar surface area (TPSA) is 72.5 Å². The molecule has 0 aliphatic carbocycles. The molecule has 1 aliphatic rings. The molecular formula is C14H21F2NO4. The van der Waals surface area contributed by atoms with Crippen molar-refractivity contribution in [3.05, 3.63) is 0 Å². The molecule has 1 N–H and O–H groups in total. The van der Waals surface area contributed by atoms with Gasteiger partial charge in [-0.25, -0.2) is 4.79 Å². The van der Waals surface area contributed by atoms with Gasteiger partial charge in [0, 0.05) is 12.8 Å². The lowest BCUT2D eigenvalue weighted by Crippen LogP contribution is -2.50. The molecule has 1 atom stereocenters. The molecule has 0 aromatic rings. The van der Waals surface area contributed by atoms with Gasteiger partial charge in [0.05, 0.1) is 6.61 Å². The van der Waals surface area contributed by atoms with Crippen molar-refractivity contribution >= 4 is 17.7 Å². The maximum absolute atomic E-state index is 13.7. The van der Waals surface area contributed by atoms with Crippen LogP contribution in [0.25, 0.3) is 0 Å². The number of rotatable bonds is 9. The highest BCUT2D eigenvalue weighted by molar-refractivity contribution is 6.08. The van der Waals surface area contributed by atoms with E-state index < -0.39 is 29.6 Å². The van der Waals surface area contributed by atoms with E-state index in [-0.39, 0.29) is 19.4 Å². The summed E-state index contributed by atoms with van der Waals surface area (Å²) >= 11 is 0. The molecule has 1 fully saturated rings. The van der Waals surface area contributed by atoms with Crippen LogP contribution in [0.1, 0.15) is 51.9 Å². The summed E-state index contributed by atoms with van der Waals surface area (Å²) in [6, 6.07) is -1.08. The van der Waals surface area contributed by atoms with Crippen molar-refractivity contribution in [3.63, 3.8) is 0 Å². The summed E-state index contributed by atoms with van der Waals surface area (Å²) in [5.74, 6) is -7.95. The average molecular weight is 305 g/mol. The van der Waals surface area contributed by atoms with Gasteiger partial charge in [-0.1, -0.05) is 32.6 Å². The molecule has 0 aromatic heterocycles. The number of amides is 1. The number of unbranched alkanes of at least 4 members (excludes halogenated alkanes) is 4. The molecule has 1 saturated heterocycles. The van der Waals surface area contributed by atoms with Crippen LogP contribution in [0.2, 0.25) is 0 Å². The lowest BCUT2D eigenvalue weighted by Gasteiger charge is -2.16. The zero-order chi connectivity index (χ0) is 15.9. The van der Waals surface area contributed by atoms with Gasteiger partial charge in [0.2, 0.25) is 5.78 Å². The fourth-order valence-corrected chi connectivity index (χ4v) is 2.05. The number of Topliss-reactive ketones (excluding diaryl/α,β-unsaturated/α-hetero) is 1. The number of carbonyl (C=O) groups is 3. The molecule has 0 spiro atoms. The summed E-state index contributed by atoms with van der Waals surface area (Å²) < 4.78 is 31.9. The number of cyclic esters (lactones) is 1. The van der Waals surface area contributed by atoms with Crippen molar-refractivity contribution in [1.29, 1.82) is 0 Å². The predicted octanol–water partition coefficient (Wildman–Crippen LogP) is 1.98. The third kappa shape index (κ3) is 5.06. The second-order valence-electron chi connectivity index (χ2n) is 5.14. The van der Waals surface area contributed by atoms with Gasteiger partial charge in [-0.3, -0.25) is 9.59 Å². The van der Waals surface area contributed by atoms with E-state index in [0.29, 0.717) is 12.8 Å². The molecule has 1 aliphatic heterocycles. The molecule has 1 heterocycles. The minimum absolute atomic E-state index is 0.0841. The largest absolute Gasteiger partial charge is 0.464 e. The second kappa shape index (κ2) is 8.05. The van der Waals surface area contributed by atoms with Crippen LogP contribution in [0.5, 0.6) is 0 Å². The summed E-state index contributed by atoms with van der Waals surface area (Å²) in [6.45, 7) is 2.11. The number of hydrogen-bond donors (Lipinski definition) is 1. The van der Waals surface area contributed by atoms with Crippen LogP contribution < -0.4 is 5.32 Å². The Hall–Kier alpha value is -1.53. The number of nitrogens with one attached hydrogen (secondary N) is 1. The van der Waals surface area contributed by atoms with E-state index in [1.165, 1.54) is 0 Å². The maximum Gasteiger partial charge on any atom is 0.381 e. The van der Waals surface area contributed by atoms with Crippen LogP contribution >= 0.6 is 0 Å². The summed E-state index contributed by atoms with van der Waals surface area (Å²) in [6.07, 6.45) is 3.73. The Morgan fingerprint density at radius 3 is 2.52 bits per heavy atom. The number of ketones is 1.